The fraction of sp³-hybridized carbons (Fsp3) is 0.407. The lowest BCUT2D eigenvalue weighted by molar-refractivity contribution is -0.00614. The van der Waals surface area contributed by atoms with E-state index in [-0.39, 0.29) is 17.2 Å². The van der Waals surface area contributed by atoms with Crippen molar-refractivity contribution in [3.8, 4) is 5.75 Å². The highest BCUT2D eigenvalue weighted by Gasteiger charge is 2.52. The second kappa shape index (κ2) is 7.67. The van der Waals surface area contributed by atoms with Gasteiger partial charge in [0, 0.05) is 11.1 Å². The van der Waals surface area contributed by atoms with E-state index >= 15 is 0 Å². The van der Waals surface area contributed by atoms with E-state index in [1.54, 1.807) is 48.6 Å². The lowest BCUT2D eigenvalue weighted by Crippen LogP contribution is -2.48. The molecular formula is C27H28O4. The monoisotopic (exact) mass is 416 g/mol. The molecule has 6 rings (SSSR count). The summed E-state index contributed by atoms with van der Waals surface area (Å²) in [5.41, 5.74) is 2.95. The van der Waals surface area contributed by atoms with Crippen molar-refractivity contribution in [2.24, 2.45) is 17.8 Å². The molecule has 2 aromatic rings. The zero-order chi connectivity index (χ0) is 21.6. The van der Waals surface area contributed by atoms with E-state index < -0.39 is 0 Å². The fourth-order valence-corrected chi connectivity index (χ4v) is 6.67. The molecule has 1 N–H and O–H groups in total. The van der Waals surface area contributed by atoms with Crippen LogP contribution in [0.2, 0.25) is 0 Å². The molecule has 0 spiro atoms. The zero-order valence-electron chi connectivity index (χ0n) is 17.8. The van der Waals surface area contributed by atoms with Crippen molar-refractivity contribution in [1.29, 1.82) is 0 Å². The molecule has 4 bridgehead atoms. The van der Waals surface area contributed by atoms with E-state index in [0.717, 1.165) is 48.1 Å². The SMILES string of the molecule is COC(=O)c1ccc(/C=C/C(=O)c2ccc(O)c(C34CC5CC(CC(C5)C3)C4)c2)cc1. The van der Waals surface area contributed by atoms with Crippen LogP contribution >= 0.6 is 0 Å². The van der Waals surface area contributed by atoms with E-state index in [4.69, 9.17) is 4.74 Å². The standard InChI is InChI=1S/C27H28O4/c1-31-26(30)21-5-2-17(3-6-21)4-8-24(28)22-7-9-25(29)23(13-22)27-14-18-10-19(15-27)12-20(11-18)16-27/h2-9,13,18-20,29H,10-12,14-16H2,1H3/b8-4+. The summed E-state index contributed by atoms with van der Waals surface area (Å²) in [5.74, 6) is 2.20. The summed E-state index contributed by atoms with van der Waals surface area (Å²) in [6.07, 6.45) is 10.8. The summed E-state index contributed by atoms with van der Waals surface area (Å²) in [6, 6.07) is 12.3. The summed E-state index contributed by atoms with van der Waals surface area (Å²) in [5, 5.41) is 10.7. The van der Waals surface area contributed by atoms with Gasteiger partial charge in [0.25, 0.3) is 0 Å². The Morgan fingerprint density at radius 1 is 0.935 bits per heavy atom. The molecule has 0 aliphatic heterocycles. The summed E-state index contributed by atoms with van der Waals surface area (Å²) >= 11 is 0. The molecule has 0 saturated heterocycles. The number of phenolic OH excluding ortho intramolecular Hbond substituents is 1. The number of esters is 1. The Balaban J connectivity index is 1.37. The minimum atomic E-state index is -0.382. The number of ether oxygens (including phenoxy) is 1. The summed E-state index contributed by atoms with van der Waals surface area (Å²) in [4.78, 5) is 24.4. The van der Waals surface area contributed by atoms with Crippen LogP contribution in [0.3, 0.4) is 0 Å². The average molecular weight is 417 g/mol. The Labute approximate surface area is 182 Å². The largest absolute Gasteiger partial charge is 0.508 e. The number of benzene rings is 2. The van der Waals surface area contributed by atoms with Crippen LogP contribution in [0.15, 0.2) is 48.5 Å². The van der Waals surface area contributed by atoms with E-state index in [2.05, 4.69) is 0 Å². The van der Waals surface area contributed by atoms with Gasteiger partial charge in [-0.3, -0.25) is 4.79 Å². The normalized spacial score (nSPS) is 28.7. The third kappa shape index (κ3) is 3.69. The topological polar surface area (TPSA) is 63.6 Å². The van der Waals surface area contributed by atoms with Crippen LogP contribution in [-0.4, -0.2) is 24.0 Å². The van der Waals surface area contributed by atoms with Crippen LogP contribution in [0.5, 0.6) is 5.75 Å². The highest BCUT2D eigenvalue weighted by atomic mass is 16.5. The molecule has 0 aromatic heterocycles. The van der Waals surface area contributed by atoms with Crippen LogP contribution in [-0.2, 0) is 10.2 Å². The molecule has 4 nitrogen and oxygen atoms in total. The van der Waals surface area contributed by atoms with Gasteiger partial charge in [-0.25, -0.2) is 4.79 Å². The number of carbonyl (C=O) groups is 2. The second-order valence-electron chi connectivity index (χ2n) is 9.74. The van der Waals surface area contributed by atoms with Crippen LogP contribution in [0.25, 0.3) is 6.08 Å². The van der Waals surface area contributed by atoms with Crippen molar-refractivity contribution in [3.05, 3.63) is 70.8 Å². The van der Waals surface area contributed by atoms with Crippen molar-refractivity contribution in [2.75, 3.05) is 7.11 Å². The van der Waals surface area contributed by atoms with Crippen molar-refractivity contribution in [1.82, 2.24) is 0 Å². The van der Waals surface area contributed by atoms with Crippen LogP contribution in [0, 0.1) is 17.8 Å². The summed E-state index contributed by atoms with van der Waals surface area (Å²) in [6.45, 7) is 0. The van der Waals surface area contributed by atoms with Crippen molar-refractivity contribution in [2.45, 2.75) is 43.9 Å². The van der Waals surface area contributed by atoms with Crippen LogP contribution < -0.4 is 0 Å². The predicted octanol–water partition coefficient (Wildman–Crippen LogP) is 5.54. The average Bonchev–Trinajstić information content (AvgIpc) is 2.76. The minimum absolute atomic E-state index is 0.0442. The number of ketones is 1. The van der Waals surface area contributed by atoms with Gasteiger partial charge in [-0.1, -0.05) is 18.2 Å². The van der Waals surface area contributed by atoms with Gasteiger partial charge in [0.2, 0.25) is 0 Å². The number of phenols is 1. The number of allylic oxidation sites excluding steroid dienone is 1. The van der Waals surface area contributed by atoms with Gasteiger partial charge >= 0.3 is 5.97 Å². The highest BCUT2D eigenvalue weighted by Crippen LogP contribution is 2.61. The zero-order valence-corrected chi connectivity index (χ0v) is 17.8. The molecule has 4 saturated carbocycles. The molecule has 31 heavy (non-hydrogen) atoms. The lowest BCUT2D eigenvalue weighted by atomic mass is 9.48. The Kier molecular flexibility index (Phi) is 4.96. The van der Waals surface area contributed by atoms with E-state index in [1.807, 2.05) is 6.07 Å². The van der Waals surface area contributed by atoms with Gasteiger partial charge in [-0.2, -0.15) is 0 Å². The van der Waals surface area contributed by atoms with E-state index in [1.165, 1.54) is 26.4 Å². The van der Waals surface area contributed by atoms with Crippen molar-refractivity contribution in [3.63, 3.8) is 0 Å². The first-order valence-corrected chi connectivity index (χ1v) is 11.2. The Morgan fingerprint density at radius 2 is 1.52 bits per heavy atom. The molecular weight excluding hydrogens is 388 g/mol. The van der Waals surface area contributed by atoms with E-state index in [0.29, 0.717) is 16.9 Å². The maximum absolute atomic E-state index is 12.9. The maximum Gasteiger partial charge on any atom is 0.337 e. The van der Waals surface area contributed by atoms with Crippen molar-refractivity contribution < 1.29 is 19.4 Å². The molecule has 0 heterocycles. The smallest absolute Gasteiger partial charge is 0.337 e. The van der Waals surface area contributed by atoms with Crippen LogP contribution in [0.4, 0.5) is 0 Å². The fourth-order valence-electron chi connectivity index (χ4n) is 6.67. The number of aromatic hydroxyl groups is 1. The van der Waals surface area contributed by atoms with Gasteiger partial charge in [-0.15, -0.1) is 0 Å². The molecule has 4 heteroatoms. The van der Waals surface area contributed by atoms with E-state index in [9.17, 15) is 14.7 Å². The van der Waals surface area contributed by atoms with Gasteiger partial charge < -0.3 is 9.84 Å². The van der Waals surface area contributed by atoms with Gasteiger partial charge in [0.1, 0.15) is 5.75 Å². The molecule has 0 radical (unpaired) electrons. The number of hydrogen-bond donors (Lipinski definition) is 1. The number of methoxy groups -OCH3 is 1. The molecule has 4 fully saturated rings. The predicted molar refractivity (Wildman–Crippen MR) is 119 cm³/mol. The third-order valence-electron chi connectivity index (χ3n) is 7.65. The molecule has 4 aliphatic rings. The van der Waals surface area contributed by atoms with Crippen molar-refractivity contribution >= 4 is 17.8 Å². The minimum Gasteiger partial charge on any atom is -0.508 e. The quantitative estimate of drug-likeness (QED) is 0.395. The molecule has 4 aliphatic carbocycles. The number of rotatable bonds is 5. The van der Waals surface area contributed by atoms with Gasteiger partial charge in [0.05, 0.1) is 12.7 Å². The molecule has 2 aromatic carbocycles. The second-order valence-corrected chi connectivity index (χ2v) is 9.74. The Hall–Kier alpha value is -2.88. The molecule has 0 unspecified atom stereocenters. The summed E-state index contributed by atoms with van der Waals surface area (Å²) < 4.78 is 4.71. The molecule has 0 amide bonds. The maximum atomic E-state index is 12.9. The van der Waals surface area contributed by atoms with Gasteiger partial charge in [0.15, 0.2) is 5.78 Å². The number of carbonyl (C=O) groups excluding carboxylic acids is 2. The Bertz CT molecular complexity index is 1010. The molecule has 160 valence electrons. The highest BCUT2D eigenvalue weighted by molar-refractivity contribution is 6.07. The number of hydrogen-bond acceptors (Lipinski definition) is 4. The summed E-state index contributed by atoms with van der Waals surface area (Å²) in [7, 11) is 1.35. The third-order valence-corrected chi connectivity index (χ3v) is 7.65. The molecule has 0 atom stereocenters. The first-order valence-electron chi connectivity index (χ1n) is 11.2. The lowest BCUT2D eigenvalue weighted by Gasteiger charge is -2.57. The Morgan fingerprint density at radius 3 is 2.10 bits per heavy atom. The van der Waals surface area contributed by atoms with Crippen LogP contribution in [0.1, 0.15) is 70.4 Å². The van der Waals surface area contributed by atoms with Gasteiger partial charge in [-0.05, 0) is 104 Å². The first kappa shape index (κ1) is 20.0. The first-order chi connectivity index (χ1) is 15.0.